The minimum Gasteiger partial charge on any atom is -0.350 e. The van der Waals surface area contributed by atoms with E-state index in [-0.39, 0.29) is 5.82 Å². The second kappa shape index (κ2) is 7.73. The van der Waals surface area contributed by atoms with Gasteiger partial charge in [-0.3, -0.25) is 4.90 Å². The van der Waals surface area contributed by atoms with Gasteiger partial charge in [0.05, 0.1) is 6.21 Å². The molecule has 1 aromatic carbocycles. The van der Waals surface area contributed by atoms with E-state index in [2.05, 4.69) is 15.4 Å². The van der Waals surface area contributed by atoms with Crippen molar-refractivity contribution in [3.63, 3.8) is 0 Å². The fourth-order valence-electron chi connectivity index (χ4n) is 2.54. The van der Waals surface area contributed by atoms with E-state index >= 15 is 0 Å². The summed E-state index contributed by atoms with van der Waals surface area (Å²) in [5.74, 6) is -0.264. The van der Waals surface area contributed by atoms with Gasteiger partial charge in [0.2, 0.25) is 0 Å². The van der Waals surface area contributed by atoms with Crippen LogP contribution in [0.5, 0.6) is 0 Å². The average molecular weight is 292 g/mol. The molecule has 2 amide bonds. The number of likely N-dealkylation sites (tertiary alicyclic amines) is 1. The fourth-order valence-corrected chi connectivity index (χ4v) is 2.54. The van der Waals surface area contributed by atoms with Crippen molar-refractivity contribution in [3.05, 3.63) is 35.1 Å². The third kappa shape index (κ3) is 5.15. The highest BCUT2D eigenvalue weighted by molar-refractivity contribution is 5.83. The van der Waals surface area contributed by atoms with Crippen molar-refractivity contribution in [1.29, 1.82) is 0 Å². The molecule has 0 atom stereocenters. The number of amides is 2. The number of nitrogens with two attached hydrogens (primary N) is 1. The van der Waals surface area contributed by atoms with Gasteiger partial charge in [0.1, 0.15) is 5.82 Å². The number of hydrazone groups is 1. The molecule has 1 heterocycles. The van der Waals surface area contributed by atoms with E-state index in [1.54, 1.807) is 6.07 Å². The maximum atomic E-state index is 13.5. The van der Waals surface area contributed by atoms with Crippen LogP contribution in [-0.4, -0.2) is 30.2 Å². The van der Waals surface area contributed by atoms with Gasteiger partial charge in [-0.05, 0) is 49.2 Å². The predicted molar refractivity (Wildman–Crippen MR) is 80.5 cm³/mol. The van der Waals surface area contributed by atoms with Crippen molar-refractivity contribution in [2.45, 2.75) is 32.2 Å². The van der Waals surface area contributed by atoms with E-state index in [4.69, 9.17) is 5.73 Å². The zero-order valence-corrected chi connectivity index (χ0v) is 12.0. The van der Waals surface area contributed by atoms with Gasteiger partial charge in [0.25, 0.3) is 0 Å². The molecular weight excluding hydrogens is 271 g/mol. The van der Waals surface area contributed by atoms with Gasteiger partial charge >= 0.3 is 6.03 Å². The first-order valence-electron chi connectivity index (χ1n) is 7.24. The Morgan fingerprint density at radius 1 is 1.33 bits per heavy atom. The SMILES string of the molecule is NC(=O)NN=Cc1ccc(F)cc1CN1CCCCCC1. The maximum absolute atomic E-state index is 13.5. The number of benzene rings is 1. The lowest BCUT2D eigenvalue weighted by molar-refractivity contribution is 0.249. The number of hydrogen-bond donors (Lipinski definition) is 2. The van der Waals surface area contributed by atoms with Crippen molar-refractivity contribution in [2.24, 2.45) is 10.8 Å². The van der Waals surface area contributed by atoms with Crippen LogP contribution in [0.25, 0.3) is 0 Å². The summed E-state index contributed by atoms with van der Waals surface area (Å²) in [6.07, 6.45) is 6.38. The van der Waals surface area contributed by atoms with Crippen molar-refractivity contribution in [3.8, 4) is 0 Å². The Kier molecular flexibility index (Phi) is 5.68. The van der Waals surface area contributed by atoms with Crippen LogP contribution in [0.15, 0.2) is 23.3 Å². The van der Waals surface area contributed by atoms with Crippen molar-refractivity contribution in [1.82, 2.24) is 10.3 Å². The molecule has 6 heteroatoms. The van der Waals surface area contributed by atoms with Gasteiger partial charge in [-0.2, -0.15) is 5.10 Å². The lowest BCUT2D eigenvalue weighted by Crippen LogP contribution is -2.25. The number of nitrogens with zero attached hydrogens (tertiary/aromatic N) is 2. The molecule has 21 heavy (non-hydrogen) atoms. The van der Waals surface area contributed by atoms with Crippen LogP contribution in [-0.2, 0) is 6.54 Å². The summed E-state index contributed by atoms with van der Waals surface area (Å²) in [6, 6.07) is 3.85. The van der Waals surface area contributed by atoms with E-state index < -0.39 is 6.03 Å². The number of carbonyl (C=O) groups excluding carboxylic acids is 1. The first kappa shape index (κ1) is 15.4. The molecule has 114 valence electrons. The Morgan fingerprint density at radius 3 is 2.71 bits per heavy atom. The molecule has 1 fully saturated rings. The summed E-state index contributed by atoms with van der Waals surface area (Å²) >= 11 is 0. The van der Waals surface area contributed by atoms with Gasteiger partial charge in [0, 0.05) is 6.54 Å². The largest absolute Gasteiger partial charge is 0.350 e. The second-order valence-corrected chi connectivity index (χ2v) is 5.27. The Hall–Kier alpha value is -1.95. The molecule has 0 unspecified atom stereocenters. The highest BCUT2D eigenvalue weighted by Crippen LogP contribution is 2.16. The summed E-state index contributed by atoms with van der Waals surface area (Å²) < 4.78 is 13.5. The minimum absolute atomic E-state index is 0.264. The molecule has 0 spiro atoms. The Balaban J connectivity index is 2.10. The molecule has 0 aliphatic carbocycles. The summed E-state index contributed by atoms with van der Waals surface area (Å²) in [7, 11) is 0. The van der Waals surface area contributed by atoms with Crippen LogP contribution < -0.4 is 11.2 Å². The average Bonchev–Trinajstić information content (AvgIpc) is 2.69. The smallest absolute Gasteiger partial charge is 0.332 e. The molecule has 0 saturated carbocycles. The minimum atomic E-state index is -0.720. The van der Waals surface area contributed by atoms with E-state index in [0.717, 1.165) is 24.2 Å². The molecule has 0 bridgehead atoms. The fraction of sp³-hybridized carbons (Fsp3) is 0.467. The zero-order valence-electron chi connectivity index (χ0n) is 12.0. The molecule has 2 rings (SSSR count). The number of carbonyl (C=O) groups is 1. The normalized spacial score (nSPS) is 16.8. The van der Waals surface area contributed by atoms with Crippen LogP contribution >= 0.6 is 0 Å². The lowest BCUT2D eigenvalue weighted by Gasteiger charge is -2.20. The molecule has 3 N–H and O–H groups in total. The number of urea groups is 1. The van der Waals surface area contributed by atoms with Crippen molar-refractivity contribution in [2.75, 3.05) is 13.1 Å². The first-order chi connectivity index (χ1) is 10.1. The number of hydrogen-bond acceptors (Lipinski definition) is 3. The van der Waals surface area contributed by atoms with Crippen LogP contribution in [0.3, 0.4) is 0 Å². The zero-order chi connectivity index (χ0) is 15.1. The third-order valence-electron chi connectivity index (χ3n) is 3.58. The summed E-state index contributed by atoms with van der Waals surface area (Å²) in [5.41, 5.74) is 8.76. The van der Waals surface area contributed by atoms with Gasteiger partial charge < -0.3 is 5.73 Å². The highest BCUT2D eigenvalue weighted by atomic mass is 19.1. The first-order valence-corrected chi connectivity index (χ1v) is 7.24. The maximum Gasteiger partial charge on any atom is 0.332 e. The van der Waals surface area contributed by atoms with Crippen LogP contribution in [0.1, 0.15) is 36.8 Å². The molecule has 0 radical (unpaired) electrons. The number of rotatable bonds is 4. The monoisotopic (exact) mass is 292 g/mol. The van der Waals surface area contributed by atoms with Gasteiger partial charge in [-0.1, -0.05) is 18.9 Å². The Labute approximate surface area is 124 Å². The van der Waals surface area contributed by atoms with Gasteiger partial charge in [0.15, 0.2) is 0 Å². The van der Waals surface area contributed by atoms with Crippen LogP contribution in [0.4, 0.5) is 9.18 Å². The lowest BCUT2D eigenvalue weighted by atomic mass is 10.1. The highest BCUT2D eigenvalue weighted by Gasteiger charge is 2.12. The third-order valence-corrected chi connectivity index (χ3v) is 3.58. The van der Waals surface area contributed by atoms with Crippen molar-refractivity contribution >= 4 is 12.2 Å². The van der Waals surface area contributed by atoms with Crippen LogP contribution in [0.2, 0.25) is 0 Å². The molecule has 5 nitrogen and oxygen atoms in total. The van der Waals surface area contributed by atoms with E-state index in [1.165, 1.54) is 44.0 Å². The van der Waals surface area contributed by atoms with Gasteiger partial charge in [-0.25, -0.2) is 14.6 Å². The van der Waals surface area contributed by atoms with Crippen molar-refractivity contribution < 1.29 is 9.18 Å². The predicted octanol–water partition coefficient (Wildman–Crippen LogP) is 2.20. The number of nitrogens with one attached hydrogen (secondary N) is 1. The Bertz CT molecular complexity index is 510. The van der Waals surface area contributed by atoms with E-state index in [9.17, 15) is 9.18 Å². The number of primary amides is 1. The van der Waals surface area contributed by atoms with Gasteiger partial charge in [-0.15, -0.1) is 0 Å². The molecule has 0 aromatic heterocycles. The molecule has 1 aliphatic heterocycles. The topological polar surface area (TPSA) is 70.7 Å². The molecule has 1 aromatic rings. The van der Waals surface area contributed by atoms with E-state index in [0.29, 0.717) is 6.54 Å². The number of halogens is 1. The molecular formula is C15H21FN4O. The summed E-state index contributed by atoms with van der Waals surface area (Å²) in [5, 5.41) is 3.75. The summed E-state index contributed by atoms with van der Waals surface area (Å²) in [4.78, 5) is 12.9. The summed E-state index contributed by atoms with van der Waals surface area (Å²) in [6.45, 7) is 2.76. The second-order valence-electron chi connectivity index (χ2n) is 5.27. The Morgan fingerprint density at radius 2 is 2.05 bits per heavy atom. The quantitative estimate of drug-likeness (QED) is 0.659. The molecule has 1 aliphatic rings. The van der Waals surface area contributed by atoms with Crippen LogP contribution in [0, 0.1) is 5.82 Å². The van der Waals surface area contributed by atoms with E-state index in [1.807, 2.05) is 0 Å². The standard InChI is InChI=1S/C15H21FN4O/c16-14-6-5-12(10-18-19-15(17)21)13(9-14)11-20-7-3-1-2-4-8-20/h5-6,9-10H,1-4,7-8,11H2,(H3,17,19,21). The molecule has 1 saturated heterocycles.